The number of hydrogen-bond acceptors (Lipinski definition) is 5. The Hall–Kier alpha value is -2.97. The summed E-state index contributed by atoms with van der Waals surface area (Å²) in [7, 11) is 0. The zero-order chi connectivity index (χ0) is 19.1. The molecule has 9 heteroatoms. The van der Waals surface area contributed by atoms with Gasteiger partial charge in [-0.15, -0.1) is 0 Å². The lowest BCUT2D eigenvalue weighted by Gasteiger charge is -2.17. The zero-order valence-electron chi connectivity index (χ0n) is 14.3. The van der Waals surface area contributed by atoms with Crippen molar-refractivity contribution in [3.8, 4) is 0 Å². The van der Waals surface area contributed by atoms with Crippen LogP contribution in [0, 0.1) is 11.7 Å². The number of carbonyl (C=O) groups excluding carboxylic acids is 4. The van der Waals surface area contributed by atoms with Gasteiger partial charge < -0.3 is 15.0 Å². The van der Waals surface area contributed by atoms with Gasteiger partial charge in [-0.1, -0.05) is 19.1 Å². The van der Waals surface area contributed by atoms with E-state index in [1.54, 1.807) is 6.07 Å². The number of carbonyl (C=O) groups is 4. The van der Waals surface area contributed by atoms with Crippen molar-refractivity contribution in [3.63, 3.8) is 0 Å². The predicted octanol–water partition coefficient (Wildman–Crippen LogP) is 0.958. The number of para-hydroxylation sites is 1. The minimum Gasteiger partial charge on any atom is -0.455 e. The second-order valence-electron chi connectivity index (χ2n) is 5.77. The van der Waals surface area contributed by atoms with Crippen molar-refractivity contribution in [2.24, 2.45) is 5.92 Å². The van der Waals surface area contributed by atoms with Crippen molar-refractivity contribution < 1.29 is 28.3 Å². The molecule has 140 valence electrons. The maximum atomic E-state index is 13.8. The highest BCUT2D eigenvalue weighted by molar-refractivity contribution is 6.00. The number of nitrogens with one attached hydrogen (secondary N) is 2. The van der Waals surface area contributed by atoms with E-state index in [0.29, 0.717) is 13.0 Å². The Labute approximate surface area is 149 Å². The fourth-order valence-electron chi connectivity index (χ4n) is 2.47. The van der Waals surface area contributed by atoms with Crippen LogP contribution in [-0.2, 0) is 19.1 Å². The summed E-state index contributed by atoms with van der Waals surface area (Å²) in [6.07, 6.45) is 0.580. The topological polar surface area (TPSA) is 105 Å². The molecule has 0 spiro atoms. The maximum Gasteiger partial charge on any atom is 0.321 e. The second-order valence-corrected chi connectivity index (χ2v) is 5.77. The van der Waals surface area contributed by atoms with E-state index in [-0.39, 0.29) is 18.7 Å². The van der Waals surface area contributed by atoms with Gasteiger partial charge in [0.1, 0.15) is 5.82 Å². The lowest BCUT2D eigenvalue weighted by atomic mass is 10.1. The van der Waals surface area contributed by atoms with Crippen LogP contribution in [0.15, 0.2) is 24.3 Å². The number of anilines is 1. The van der Waals surface area contributed by atoms with Gasteiger partial charge in [0, 0.05) is 19.5 Å². The van der Waals surface area contributed by atoms with E-state index >= 15 is 0 Å². The summed E-state index contributed by atoms with van der Waals surface area (Å²) < 4.78 is 18.7. The Kier molecular flexibility index (Phi) is 6.65. The molecule has 2 rings (SSSR count). The number of rotatable bonds is 6. The highest BCUT2D eigenvalue weighted by Crippen LogP contribution is 2.27. The number of benzene rings is 1. The number of urea groups is 1. The van der Waals surface area contributed by atoms with Crippen molar-refractivity contribution >= 4 is 29.5 Å². The van der Waals surface area contributed by atoms with E-state index in [0.717, 1.165) is 0 Å². The summed E-state index contributed by atoms with van der Waals surface area (Å²) in [6.45, 7) is 1.60. The monoisotopic (exact) mass is 365 g/mol. The van der Waals surface area contributed by atoms with Crippen molar-refractivity contribution in [1.82, 2.24) is 10.6 Å². The molecule has 1 atom stereocenters. The van der Waals surface area contributed by atoms with Crippen LogP contribution in [0.4, 0.5) is 14.9 Å². The van der Waals surface area contributed by atoms with Gasteiger partial charge in [-0.25, -0.2) is 9.18 Å². The smallest absolute Gasteiger partial charge is 0.321 e. The van der Waals surface area contributed by atoms with E-state index in [9.17, 15) is 23.6 Å². The highest BCUT2D eigenvalue weighted by Gasteiger charge is 2.37. The molecule has 1 fully saturated rings. The lowest BCUT2D eigenvalue weighted by Crippen LogP contribution is -2.42. The van der Waals surface area contributed by atoms with Gasteiger partial charge in [0.15, 0.2) is 6.61 Å². The highest BCUT2D eigenvalue weighted by atomic mass is 19.1. The van der Waals surface area contributed by atoms with Gasteiger partial charge in [0.2, 0.25) is 5.91 Å². The molecule has 1 saturated heterocycles. The van der Waals surface area contributed by atoms with E-state index in [2.05, 4.69) is 5.32 Å². The molecule has 8 nitrogen and oxygen atoms in total. The first-order chi connectivity index (χ1) is 12.4. The molecule has 1 aliphatic heterocycles. The third kappa shape index (κ3) is 5.01. The summed E-state index contributed by atoms with van der Waals surface area (Å²) in [5.74, 6) is -3.29. The lowest BCUT2D eigenvalue weighted by molar-refractivity contribution is -0.152. The number of amides is 4. The molecule has 1 aliphatic rings. The molecule has 2 N–H and O–H groups in total. The Balaban J connectivity index is 1.83. The van der Waals surface area contributed by atoms with Crippen molar-refractivity contribution in [3.05, 3.63) is 30.1 Å². The minimum absolute atomic E-state index is 0.0306. The second kappa shape index (κ2) is 8.93. The van der Waals surface area contributed by atoms with Crippen LogP contribution >= 0.6 is 0 Å². The Morgan fingerprint density at radius 1 is 1.31 bits per heavy atom. The molecule has 1 aromatic rings. The Morgan fingerprint density at radius 3 is 2.73 bits per heavy atom. The normalized spacial score (nSPS) is 16.3. The van der Waals surface area contributed by atoms with Crippen LogP contribution < -0.4 is 15.5 Å². The molecule has 0 aliphatic carbocycles. The predicted molar refractivity (Wildman–Crippen MR) is 89.7 cm³/mol. The first-order valence-corrected chi connectivity index (χ1v) is 8.21. The Morgan fingerprint density at radius 2 is 2.04 bits per heavy atom. The van der Waals surface area contributed by atoms with Gasteiger partial charge in [-0.05, 0) is 18.6 Å². The van der Waals surface area contributed by atoms with Gasteiger partial charge in [0.05, 0.1) is 11.6 Å². The van der Waals surface area contributed by atoms with Crippen LogP contribution in [0.1, 0.15) is 19.8 Å². The fourth-order valence-corrected chi connectivity index (χ4v) is 2.47. The zero-order valence-corrected chi connectivity index (χ0v) is 14.3. The third-order valence-electron chi connectivity index (χ3n) is 3.74. The van der Waals surface area contributed by atoms with Crippen molar-refractivity contribution in [2.45, 2.75) is 19.8 Å². The molecule has 4 amide bonds. The molecule has 0 saturated carbocycles. The average molecular weight is 365 g/mol. The molecule has 0 aromatic heterocycles. The number of esters is 1. The SMILES string of the molecule is CCCNC(=O)NC(=O)COC(=O)[C@@H]1CC(=O)N(c2ccccc2F)C1. The molecule has 26 heavy (non-hydrogen) atoms. The maximum absolute atomic E-state index is 13.8. The van der Waals surface area contributed by atoms with Gasteiger partial charge in [-0.3, -0.25) is 19.7 Å². The number of nitrogens with zero attached hydrogens (tertiary/aromatic N) is 1. The van der Waals surface area contributed by atoms with Gasteiger partial charge >= 0.3 is 12.0 Å². The van der Waals surface area contributed by atoms with Crippen molar-refractivity contribution in [2.75, 3.05) is 24.6 Å². The third-order valence-corrected chi connectivity index (χ3v) is 3.74. The fraction of sp³-hybridized carbons (Fsp3) is 0.412. The number of hydrogen-bond donors (Lipinski definition) is 2. The molecular formula is C17H20FN3O5. The van der Waals surface area contributed by atoms with Crippen LogP contribution in [0.25, 0.3) is 0 Å². The summed E-state index contributed by atoms with van der Waals surface area (Å²) in [5.41, 5.74) is 0.0955. The minimum atomic E-state index is -0.802. The van der Waals surface area contributed by atoms with E-state index in [1.807, 2.05) is 12.2 Å². The first-order valence-electron chi connectivity index (χ1n) is 8.21. The van der Waals surface area contributed by atoms with Crippen molar-refractivity contribution in [1.29, 1.82) is 0 Å². The van der Waals surface area contributed by atoms with E-state index in [1.165, 1.54) is 23.1 Å². The van der Waals surface area contributed by atoms with Gasteiger partial charge in [0.25, 0.3) is 5.91 Å². The van der Waals surface area contributed by atoms with Crippen LogP contribution in [0.2, 0.25) is 0 Å². The molecule has 0 radical (unpaired) electrons. The van der Waals surface area contributed by atoms with Crippen LogP contribution in [-0.4, -0.2) is 43.5 Å². The first kappa shape index (κ1) is 19.4. The molecule has 0 unspecified atom stereocenters. The van der Waals surface area contributed by atoms with Gasteiger partial charge in [-0.2, -0.15) is 0 Å². The summed E-state index contributed by atoms with van der Waals surface area (Å²) in [5, 5.41) is 4.46. The standard InChI is InChI=1S/C17H20FN3O5/c1-2-7-19-17(25)20-14(22)10-26-16(24)11-8-15(23)21(9-11)13-6-4-3-5-12(13)18/h3-6,11H,2,7-10H2,1H3,(H2,19,20,22,25)/t11-/m1/s1. The summed E-state index contributed by atoms with van der Waals surface area (Å²) >= 11 is 0. The average Bonchev–Trinajstić information content (AvgIpc) is 3.00. The van der Waals surface area contributed by atoms with Crippen LogP contribution in [0.3, 0.4) is 0 Å². The van der Waals surface area contributed by atoms with Crippen LogP contribution in [0.5, 0.6) is 0 Å². The van der Waals surface area contributed by atoms with E-state index in [4.69, 9.17) is 4.74 Å². The van der Waals surface area contributed by atoms with E-state index < -0.39 is 42.2 Å². The molecule has 1 aromatic carbocycles. The molecular weight excluding hydrogens is 345 g/mol. The number of halogens is 1. The Bertz CT molecular complexity index is 709. The quantitative estimate of drug-likeness (QED) is 0.731. The number of imide groups is 1. The largest absolute Gasteiger partial charge is 0.455 e. The molecule has 0 bridgehead atoms. The number of ether oxygens (including phenoxy) is 1. The summed E-state index contributed by atoms with van der Waals surface area (Å²) in [4.78, 5) is 48.1. The summed E-state index contributed by atoms with van der Waals surface area (Å²) in [6, 6.07) is 5.09. The molecule has 1 heterocycles.